The quantitative estimate of drug-likeness (QED) is 0.889. The fourth-order valence-electron chi connectivity index (χ4n) is 2.20. The van der Waals surface area contributed by atoms with Crippen LogP contribution in [-0.2, 0) is 6.54 Å². The lowest BCUT2D eigenvalue weighted by Crippen LogP contribution is -2.11. The highest BCUT2D eigenvalue weighted by molar-refractivity contribution is 5.66. The van der Waals surface area contributed by atoms with Gasteiger partial charge in [0.25, 0.3) is 0 Å². The second-order valence-electron chi connectivity index (χ2n) is 4.72. The highest BCUT2D eigenvalue weighted by Gasteiger charge is 2.07. The first-order chi connectivity index (χ1) is 8.61. The molecule has 0 atom stereocenters. The maximum absolute atomic E-state index is 5.66. The molecule has 0 amide bonds. The molecule has 0 aliphatic rings. The first kappa shape index (κ1) is 12.7. The molecule has 0 heterocycles. The zero-order chi connectivity index (χ0) is 13.1. The zero-order valence-electron chi connectivity index (χ0n) is 11.3. The van der Waals surface area contributed by atoms with Crippen LogP contribution in [0, 0.1) is 13.8 Å². The smallest absolute Gasteiger partial charge is 0.0438 e. The molecule has 0 unspecified atom stereocenters. The Bertz CT molecular complexity index is 547. The van der Waals surface area contributed by atoms with Crippen LogP contribution in [0.1, 0.15) is 16.7 Å². The molecule has 0 saturated carbocycles. The highest BCUT2D eigenvalue weighted by atomic mass is 15.1. The Morgan fingerprint density at radius 1 is 1.06 bits per heavy atom. The molecule has 2 heteroatoms. The fourth-order valence-corrected chi connectivity index (χ4v) is 2.20. The van der Waals surface area contributed by atoms with Crippen LogP contribution in [-0.4, -0.2) is 7.05 Å². The summed E-state index contributed by atoms with van der Waals surface area (Å²) in [6.45, 7) is 4.83. The van der Waals surface area contributed by atoms with Crippen molar-refractivity contribution in [2.45, 2.75) is 20.4 Å². The molecule has 0 bridgehead atoms. The standard InChI is InChI=1S/C16H20N2/c1-12-5-4-6-15(9-12)18(3)16-8-7-14(11-17)10-13(16)2/h4-10H,11,17H2,1-3H3. The Hall–Kier alpha value is -1.80. The highest BCUT2D eigenvalue weighted by Crippen LogP contribution is 2.27. The van der Waals surface area contributed by atoms with E-state index in [0.29, 0.717) is 6.54 Å². The van der Waals surface area contributed by atoms with Gasteiger partial charge in [-0.1, -0.05) is 24.3 Å². The lowest BCUT2D eigenvalue weighted by atomic mass is 10.1. The van der Waals surface area contributed by atoms with Crippen LogP contribution in [0.25, 0.3) is 0 Å². The fraction of sp³-hybridized carbons (Fsp3) is 0.250. The van der Waals surface area contributed by atoms with Crippen LogP contribution >= 0.6 is 0 Å². The van der Waals surface area contributed by atoms with Crippen molar-refractivity contribution in [3.8, 4) is 0 Å². The molecule has 2 aromatic rings. The van der Waals surface area contributed by atoms with Gasteiger partial charge in [0.15, 0.2) is 0 Å². The van der Waals surface area contributed by atoms with Crippen molar-refractivity contribution < 1.29 is 0 Å². The van der Waals surface area contributed by atoms with Crippen molar-refractivity contribution in [1.29, 1.82) is 0 Å². The number of benzene rings is 2. The minimum absolute atomic E-state index is 0.593. The second-order valence-corrected chi connectivity index (χ2v) is 4.72. The number of nitrogens with zero attached hydrogens (tertiary/aromatic N) is 1. The molecule has 2 N–H and O–H groups in total. The van der Waals surface area contributed by atoms with Crippen LogP contribution in [0.5, 0.6) is 0 Å². The van der Waals surface area contributed by atoms with Gasteiger partial charge >= 0.3 is 0 Å². The minimum atomic E-state index is 0.593. The zero-order valence-corrected chi connectivity index (χ0v) is 11.3. The van der Waals surface area contributed by atoms with Gasteiger partial charge in [0.2, 0.25) is 0 Å². The van der Waals surface area contributed by atoms with Gasteiger partial charge in [0.05, 0.1) is 0 Å². The topological polar surface area (TPSA) is 29.3 Å². The van der Waals surface area contributed by atoms with E-state index in [1.807, 2.05) is 0 Å². The van der Waals surface area contributed by atoms with E-state index in [4.69, 9.17) is 5.73 Å². The first-order valence-corrected chi connectivity index (χ1v) is 6.22. The number of nitrogens with two attached hydrogens (primary N) is 1. The monoisotopic (exact) mass is 240 g/mol. The van der Waals surface area contributed by atoms with E-state index in [0.717, 1.165) is 0 Å². The lowest BCUT2D eigenvalue weighted by molar-refractivity contribution is 1.06. The molecule has 18 heavy (non-hydrogen) atoms. The molecule has 0 fully saturated rings. The molecule has 0 aromatic heterocycles. The van der Waals surface area contributed by atoms with E-state index in [2.05, 4.69) is 68.3 Å². The maximum atomic E-state index is 5.66. The summed E-state index contributed by atoms with van der Waals surface area (Å²) in [4.78, 5) is 2.21. The summed E-state index contributed by atoms with van der Waals surface area (Å²) in [5.74, 6) is 0. The molecule has 2 nitrogen and oxygen atoms in total. The Morgan fingerprint density at radius 2 is 1.83 bits per heavy atom. The third kappa shape index (κ3) is 2.54. The van der Waals surface area contributed by atoms with Crippen molar-refractivity contribution in [2.24, 2.45) is 5.73 Å². The van der Waals surface area contributed by atoms with Crippen molar-refractivity contribution in [3.63, 3.8) is 0 Å². The van der Waals surface area contributed by atoms with Crippen LogP contribution < -0.4 is 10.6 Å². The number of rotatable bonds is 3. The van der Waals surface area contributed by atoms with Gasteiger partial charge in [-0.05, 0) is 48.7 Å². The molecule has 2 rings (SSSR count). The van der Waals surface area contributed by atoms with Crippen molar-refractivity contribution >= 4 is 11.4 Å². The summed E-state index contributed by atoms with van der Waals surface area (Å²) < 4.78 is 0. The van der Waals surface area contributed by atoms with Crippen LogP contribution in [0.3, 0.4) is 0 Å². The Morgan fingerprint density at radius 3 is 2.44 bits per heavy atom. The largest absolute Gasteiger partial charge is 0.344 e. The van der Waals surface area contributed by atoms with Crippen molar-refractivity contribution in [1.82, 2.24) is 0 Å². The average Bonchev–Trinajstić information content (AvgIpc) is 2.37. The summed E-state index contributed by atoms with van der Waals surface area (Å²) in [5, 5.41) is 0. The van der Waals surface area contributed by atoms with E-state index in [1.165, 1.54) is 28.1 Å². The van der Waals surface area contributed by atoms with Gasteiger partial charge in [-0.2, -0.15) is 0 Å². The predicted molar refractivity (Wildman–Crippen MR) is 78.3 cm³/mol. The summed E-state index contributed by atoms with van der Waals surface area (Å²) in [6, 6.07) is 14.9. The maximum Gasteiger partial charge on any atom is 0.0438 e. The van der Waals surface area contributed by atoms with Crippen molar-refractivity contribution in [3.05, 3.63) is 59.2 Å². The summed E-state index contributed by atoms with van der Waals surface area (Å²) in [5.41, 5.74) is 11.8. The van der Waals surface area contributed by atoms with E-state index in [9.17, 15) is 0 Å². The molecule has 2 aromatic carbocycles. The normalized spacial score (nSPS) is 10.4. The molecule has 0 aliphatic carbocycles. The Labute approximate surface area is 109 Å². The molecule has 0 saturated heterocycles. The number of hydrogen-bond acceptors (Lipinski definition) is 2. The van der Waals surface area contributed by atoms with E-state index in [-0.39, 0.29) is 0 Å². The lowest BCUT2D eigenvalue weighted by Gasteiger charge is -2.22. The third-order valence-corrected chi connectivity index (χ3v) is 3.25. The summed E-state index contributed by atoms with van der Waals surface area (Å²) >= 11 is 0. The average molecular weight is 240 g/mol. The molecular weight excluding hydrogens is 220 g/mol. The van der Waals surface area contributed by atoms with Gasteiger partial charge < -0.3 is 10.6 Å². The molecule has 0 aliphatic heterocycles. The van der Waals surface area contributed by atoms with E-state index >= 15 is 0 Å². The number of aryl methyl sites for hydroxylation is 2. The van der Waals surface area contributed by atoms with E-state index < -0.39 is 0 Å². The van der Waals surface area contributed by atoms with E-state index in [1.54, 1.807) is 0 Å². The summed E-state index contributed by atoms with van der Waals surface area (Å²) in [7, 11) is 2.10. The predicted octanol–water partition coefficient (Wildman–Crippen LogP) is 3.53. The molecule has 94 valence electrons. The van der Waals surface area contributed by atoms with Gasteiger partial charge in [-0.25, -0.2) is 0 Å². The minimum Gasteiger partial charge on any atom is -0.344 e. The Kier molecular flexibility index (Phi) is 3.68. The van der Waals surface area contributed by atoms with Crippen molar-refractivity contribution in [2.75, 3.05) is 11.9 Å². The molecular formula is C16H20N2. The SMILES string of the molecule is Cc1cccc(N(C)c2ccc(CN)cc2C)c1. The van der Waals surface area contributed by atoms with Gasteiger partial charge in [0, 0.05) is 25.0 Å². The van der Waals surface area contributed by atoms with Crippen LogP contribution in [0.4, 0.5) is 11.4 Å². The van der Waals surface area contributed by atoms with Gasteiger partial charge in [-0.15, -0.1) is 0 Å². The third-order valence-electron chi connectivity index (χ3n) is 3.25. The number of anilines is 2. The van der Waals surface area contributed by atoms with Crippen LogP contribution in [0.15, 0.2) is 42.5 Å². The molecule has 0 radical (unpaired) electrons. The second kappa shape index (κ2) is 5.23. The molecule has 0 spiro atoms. The summed E-state index contributed by atoms with van der Waals surface area (Å²) in [6.07, 6.45) is 0. The number of hydrogen-bond donors (Lipinski definition) is 1. The first-order valence-electron chi connectivity index (χ1n) is 6.22. The van der Waals surface area contributed by atoms with Gasteiger partial charge in [0.1, 0.15) is 0 Å². The van der Waals surface area contributed by atoms with Gasteiger partial charge in [-0.3, -0.25) is 0 Å². The van der Waals surface area contributed by atoms with Crippen LogP contribution in [0.2, 0.25) is 0 Å². The Balaban J connectivity index is 2.37.